The maximum absolute atomic E-state index is 13.1. The lowest BCUT2D eigenvalue weighted by molar-refractivity contribution is 0.0226. The molecule has 1 nitrogen and oxygen atoms in total. The second-order valence-corrected chi connectivity index (χ2v) is 8.13. The minimum absolute atomic E-state index is 0.191. The monoisotopic (exact) mass is 383 g/mol. The van der Waals surface area contributed by atoms with Crippen molar-refractivity contribution in [2.24, 2.45) is 0 Å². The molecule has 2 aromatic carbocycles. The van der Waals surface area contributed by atoms with Crippen LogP contribution in [0.5, 0.6) is 0 Å². The molecule has 0 amide bonds. The number of likely N-dealkylation sites (tertiary alicyclic amines) is 1. The number of rotatable bonds is 7. The Bertz CT molecular complexity index is 781. The fourth-order valence-corrected chi connectivity index (χ4v) is 4.19. The Hall–Kier alpha value is -2.00. The van der Waals surface area contributed by atoms with E-state index in [2.05, 4.69) is 36.6 Å². The Morgan fingerprint density at radius 2 is 1.71 bits per heavy atom. The lowest BCUT2D eigenvalue weighted by Gasteiger charge is -2.32. The summed E-state index contributed by atoms with van der Waals surface area (Å²) in [6, 6.07) is 14.5. The first-order valence-electron chi connectivity index (χ1n) is 10.3. The standard InChI is InChI=1S/C25H31F2N/c1-4-21-10-11-24(16-22(21)5-2)23-12-14-28(15-13-23)18-20-8-6-19(7-9-20)17-25(3,26)27/h4,6-11,16,23H,1,5,12-15,17-18H2,2-3H3. The van der Waals surface area contributed by atoms with Crippen LogP contribution in [-0.2, 0) is 19.4 Å². The zero-order valence-electron chi connectivity index (χ0n) is 17.1. The maximum atomic E-state index is 13.1. The van der Waals surface area contributed by atoms with Crippen LogP contribution in [0.3, 0.4) is 0 Å². The van der Waals surface area contributed by atoms with Crippen LogP contribution < -0.4 is 0 Å². The largest absolute Gasteiger partial charge is 0.299 e. The highest BCUT2D eigenvalue weighted by Gasteiger charge is 2.22. The summed E-state index contributed by atoms with van der Waals surface area (Å²) >= 11 is 0. The molecular formula is C25H31F2N. The summed E-state index contributed by atoms with van der Waals surface area (Å²) in [7, 11) is 0. The van der Waals surface area contributed by atoms with Gasteiger partial charge in [0.2, 0.25) is 5.92 Å². The first-order chi connectivity index (χ1) is 13.4. The molecule has 0 saturated carbocycles. The van der Waals surface area contributed by atoms with Crippen LogP contribution >= 0.6 is 0 Å². The fraction of sp³-hybridized carbons (Fsp3) is 0.440. The molecule has 0 aliphatic carbocycles. The van der Waals surface area contributed by atoms with Crippen LogP contribution in [0.25, 0.3) is 6.08 Å². The van der Waals surface area contributed by atoms with E-state index in [1.54, 1.807) is 0 Å². The molecule has 0 atom stereocenters. The summed E-state index contributed by atoms with van der Waals surface area (Å²) < 4.78 is 26.3. The molecule has 1 saturated heterocycles. The topological polar surface area (TPSA) is 3.24 Å². The molecule has 1 aliphatic rings. The predicted octanol–water partition coefficient (Wildman–Crippen LogP) is 6.47. The molecule has 3 rings (SSSR count). The summed E-state index contributed by atoms with van der Waals surface area (Å²) in [6.45, 7) is 10.1. The summed E-state index contributed by atoms with van der Waals surface area (Å²) in [5.41, 5.74) is 5.97. The van der Waals surface area contributed by atoms with Crippen molar-refractivity contribution in [2.75, 3.05) is 13.1 Å². The molecule has 3 heteroatoms. The summed E-state index contributed by atoms with van der Waals surface area (Å²) in [5.74, 6) is -2.03. The molecule has 1 fully saturated rings. The van der Waals surface area contributed by atoms with Gasteiger partial charge >= 0.3 is 0 Å². The molecule has 0 radical (unpaired) electrons. The molecule has 0 N–H and O–H groups in total. The SMILES string of the molecule is C=Cc1ccc(C2CCN(Cc3ccc(CC(C)(F)F)cc3)CC2)cc1CC. The molecular weight excluding hydrogens is 352 g/mol. The average molecular weight is 384 g/mol. The van der Waals surface area contributed by atoms with Gasteiger partial charge in [-0.25, -0.2) is 8.78 Å². The van der Waals surface area contributed by atoms with Crippen molar-refractivity contribution in [3.63, 3.8) is 0 Å². The fourth-order valence-electron chi connectivity index (χ4n) is 4.19. The summed E-state index contributed by atoms with van der Waals surface area (Å²) in [6.07, 6.45) is 5.11. The number of aryl methyl sites for hydroxylation is 1. The van der Waals surface area contributed by atoms with Crippen LogP contribution in [0.2, 0.25) is 0 Å². The number of piperidine rings is 1. The Labute approximate surface area is 168 Å². The third kappa shape index (κ3) is 5.51. The Kier molecular flexibility index (Phi) is 6.66. The molecule has 0 unspecified atom stereocenters. The smallest absolute Gasteiger partial charge is 0.249 e. The van der Waals surface area contributed by atoms with Crippen molar-refractivity contribution in [2.45, 2.75) is 57.9 Å². The number of benzene rings is 2. The highest BCUT2D eigenvalue weighted by atomic mass is 19.3. The molecule has 1 heterocycles. The summed E-state index contributed by atoms with van der Waals surface area (Å²) in [5, 5.41) is 0. The van der Waals surface area contributed by atoms with Crippen LogP contribution in [0, 0.1) is 0 Å². The first kappa shape index (κ1) is 20.7. The van der Waals surface area contributed by atoms with Gasteiger partial charge in [-0.3, -0.25) is 4.90 Å². The van der Waals surface area contributed by atoms with Crippen LogP contribution in [0.4, 0.5) is 8.78 Å². The Morgan fingerprint density at radius 3 is 2.29 bits per heavy atom. The highest BCUT2D eigenvalue weighted by molar-refractivity contribution is 5.53. The lowest BCUT2D eigenvalue weighted by atomic mass is 9.87. The van der Waals surface area contributed by atoms with Gasteiger partial charge in [-0.15, -0.1) is 0 Å². The van der Waals surface area contributed by atoms with Crippen LogP contribution in [-0.4, -0.2) is 23.9 Å². The first-order valence-corrected chi connectivity index (χ1v) is 10.3. The van der Waals surface area contributed by atoms with Gasteiger partial charge in [-0.1, -0.05) is 62.0 Å². The highest BCUT2D eigenvalue weighted by Crippen LogP contribution is 2.30. The average Bonchev–Trinajstić information content (AvgIpc) is 2.68. The van der Waals surface area contributed by atoms with Crippen molar-refractivity contribution in [3.05, 3.63) is 76.9 Å². The number of halogens is 2. The minimum Gasteiger partial charge on any atom is -0.299 e. The van der Waals surface area contributed by atoms with Gasteiger partial charge in [0.15, 0.2) is 0 Å². The van der Waals surface area contributed by atoms with Crippen molar-refractivity contribution in [1.82, 2.24) is 4.90 Å². The second-order valence-electron chi connectivity index (χ2n) is 8.13. The van der Waals surface area contributed by atoms with E-state index in [1.807, 2.05) is 30.3 Å². The number of hydrogen-bond donors (Lipinski definition) is 0. The minimum atomic E-state index is -2.65. The Balaban J connectivity index is 1.55. The van der Waals surface area contributed by atoms with Crippen LogP contribution in [0.15, 0.2) is 49.0 Å². The van der Waals surface area contributed by atoms with Gasteiger partial charge in [0.25, 0.3) is 0 Å². The molecule has 0 aromatic heterocycles. The van der Waals surface area contributed by atoms with E-state index in [0.29, 0.717) is 11.5 Å². The van der Waals surface area contributed by atoms with Crippen molar-refractivity contribution in [3.8, 4) is 0 Å². The quantitative estimate of drug-likeness (QED) is 0.530. The van der Waals surface area contributed by atoms with E-state index < -0.39 is 5.92 Å². The second kappa shape index (κ2) is 9.00. The van der Waals surface area contributed by atoms with E-state index in [1.165, 1.54) is 22.3 Å². The Morgan fingerprint density at radius 1 is 1.07 bits per heavy atom. The van der Waals surface area contributed by atoms with E-state index in [0.717, 1.165) is 45.8 Å². The number of alkyl halides is 2. The summed E-state index contributed by atoms with van der Waals surface area (Å²) in [4.78, 5) is 2.47. The van der Waals surface area contributed by atoms with E-state index >= 15 is 0 Å². The zero-order valence-corrected chi connectivity index (χ0v) is 17.1. The predicted molar refractivity (Wildman–Crippen MR) is 114 cm³/mol. The van der Waals surface area contributed by atoms with Gasteiger partial charge in [-0.2, -0.15) is 0 Å². The molecule has 150 valence electrons. The maximum Gasteiger partial charge on any atom is 0.249 e. The molecule has 0 spiro atoms. The third-order valence-electron chi connectivity index (χ3n) is 5.77. The van der Waals surface area contributed by atoms with Crippen molar-refractivity contribution < 1.29 is 8.78 Å². The van der Waals surface area contributed by atoms with Crippen LogP contribution in [0.1, 0.15) is 60.4 Å². The van der Waals surface area contributed by atoms with Gasteiger partial charge < -0.3 is 0 Å². The molecule has 2 aromatic rings. The van der Waals surface area contributed by atoms with Gasteiger partial charge in [-0.05, 0) is 73.0 Å². The zero-order chi connectivity index (χ0) is 20.1. The molecule has 1 aliphatic heterocycles. The van der Waals surface area contributed by atoms with E-state index in [-0.39, 0.29) is 6.42 Å². The van der Waals surface area contributed by atoms with Gasteiger partial charge in [0, 0.05) is 13.0 Å². The normalized spacial score (nSPS) is 16.3. The lowest BCUT2D eigenvalue weighted by Crippen LogP contribution is -2.32. The number of hydrogen-bond acceptors (Lipinski definition) is 1. The molecule has 28 heavy (non-hydrogen) atoms. The van der Waals surface area contributed by atoms with Crippen molar-refractivity contribution in [1.29, 1.82) is 0 Å². The molecule has 0 bridgehead atoms. The van der Waals surface area contributed by atoms with E-state index in [4.69, 9.17) is 0 Å². The van der Waals surface area contributed by atoms with Crippen molar-refractivity contribution >= 4 is 6.08 Å². The number of nitrogens with zero attached hydrogens (tertiary/aromatic N) is 1. The van der Waals surface area contributed by atoms with Gasteiger partial charge in [0.1, 0.15) is 0 Å². The third-order valence-corrected chi connectivity index (χ3v) is 5.77. The van der Waals surface area contributed by atoms with E-state index in [9.17, 15) is 8.78 Å². The van der Waals surface area contributed by atoms with Gasteiger partial charge in [0.05, 0.1) is 0 Å².